The van der Waals surface area contributed by atoms with Gasteiger partial charge in [0.15, 0.2) is 11.4 Å². The summed E-state index contributed by atoms with van der Waals surface area (Å²) in [6.45, 7) is 5.64. The zero-order chi connectivity index (χ0) is 23.1. The maximum absolute atomic E-state index is 12.6. The third kappa shape index (κ3) is 3.54. The molecule has 2 fully saturated rings. The number of Topliss-reactive ketones (excluding diaryl/α,β-unsaturated/α-hetero) is 1. The number of para-hydroxylation sites is 1. The molecule has 2 aromatic carbocycles. The number of nitrogens with zero attached hydrogens (tertiary/aromatic N) is 5. The van der Waals surface area contributed by atoms with E-state index in [9.17, 15) is 4.79 Å². The van der Waals surface area contributed by atoms with Crippen LogP contribution in [0.4, 0.5) is 11.8 Å². The van der Waals surface area contributed by atoms with Crippen molar-refractivity contribution in [3.05, 3.63) is 66.2 Å². The van der Waals surface area contributed by atoms with Crippen LogP contribution in [0.1, 0.15) is 43.0 Å². The Kier molecular flexibility index (Phi) is 5.28. The van der Waals surface area contributed by atoms with Crippen molar-refractivity contribution < 1.29 is 4.79 Å². The molecule has 0 saturated carbocycles. The topological polar surface area (TPSA) is 54.3 Å². The van der Waals surface area contributed by atoms with Crippen molar-refractivity contribution in [2.24, 2.45) is 0 Å². The largest absolute Gasteiger partial charge is 0.356 e. The molecule has 0 bridgehead atoms. The molecule has 2 aliphatic rings. The molecule has 0 amide bonds. The number of ketones is 1. The molecule has 0 spiro atoms. The lowest BCUT2D eigenvalue weighted by Gasteiger charge is -2.22. The Hall–Kier alpha value is -3.67. The SMILES string of the molecule is CC(=O)c1ccccc1-n1c(-c2ccccc2)cc2c(N3CCCC3)nc(N3CCCC3)nc21. The fraction of sp³-hybridized carbons (Fsp3) is 0.321. The summed E-state index contributed by atoms with van der Waals surface area (Å²) >= 11 is 0. The van der Waals surface area contributed by atoms with E-state index in [0.29, 0.717) is 5.56 Å². The van der Waals surface area contributed by atoms with Crippen LogP contribution < -0.4 is 9.80 Å². The first-order valence-corrected chi connectivity index (χ1v) is 12.3. The van der Waals surface area contributed by atoms with Gasteiger partial charge in [-0.2, -0.15) is 9.97 Å². The second kappa shape index (κ2) is 8.60. The van der Waals surface area contributed by atoms with Gasteiger partial charge in [0, 0.05) is 31.7 Å². The molecule has 6 rings (SSSR count). The van der Waals surface area contributed by atoms with Gasteiger partial charge in [0.1, 0.15) is 5.82 Å². The maximum atomic E-state index is 12.6. The predicted molar refractivity (Wildman–Crippen MR) is 137 cm³/mol. The Morgan fingerprint density at radius 3 is 2.15 bits per heavy atom. The highest BCUT2D eigenvalue weighted by Crippen LogP contribution is 2.38. The van der Waals surface area contributed by atoms with Crippen molar-refractivity contribution in [2.75, 3.05) is 36.0 Å². The predicted octanol–water partition coefficient (Wildman–Crippen LogP) is 5.49. The highest BCUT2D eigenvalue weighted by atomic mass is 16.1. The number of carbonyl (C=O) groups is 1. The Labute approximate surface area is 199 Å². The van der Waals surface area contributed by atoms with E-state index in [1.54, 1.807) is 6.92 Å². The van der Waals surface area contributed by atoms with E-state index in [2.05, 4.69) is 44.7 Å². The summed E-state index contributed by atoms with van der Waals surface area (Å²) in [5, 5.41) is 1.04. The van der Waals surface area contributed by atoms with Crippen LogP contribution in [0.15, 0.2) is 60.7 Å². The highest BCUT2D eigenvalue weighted by Gasteiger charge is 2.26. The minimum absolute atomic E-state index is 0.0463. The van der Waals surface area contributed by atoms with Gasteiger partial charge >= 0.3 is 0 Å². The molecule has 2 aliphatic heterocycles. The van der Waals surface area contributed by atoms with Crippen LogP contribution in [0.2, 0.25) is 0 Å². The Morgan fingerprint density at radius 2 is 1.44 bits per heavy atom. The molecule has 2 saturated heterocycles. The molecule has 0 N–H and O–H groups in total. The summed E-state index contributed by atoms with van der Waals surface area (Å²) in [5.41, 5.74) is 4.54. The summed E-state index contributed by atoms with van der Waals surface area (Å²) in [6, 6.07) is 20.4. The number of rotatable bonds is 5. The quantitative estimate of drug-likeness (QED) is 0.376. The van der Waals surface area contributed by atoms with Gasteiger partial charge in [-0.3, -0.25) is 9.36 Å². The standard InChI is InChI=1S/C28H29N5O/c1-20(34)22-13-5-6-14-24(22)33-25(21-11-3-2-4-12-21)19-23-26(31-15-7-8-16-31)29-28(30-27(23)33)32-17-9-10-18-32/h2-6,11-14,19H,7-10,15-18H2,1H3. The molecule has 4 heterocycles. The number of hydrogen-bond donors (Lipinski definition) is 0. The van der Waals surface area contributed by atoms with Crippen LogP contribution in [-0.4, -0.2) is 46.5 Å². The lowest BCUT2D eigenvalue weighted by molar-refractivity contribution is 0.101. The highest BCUT2D eigenvalue weighted by molar-refractivity contribution is 6.01. The van der Waals surface area contributed by atoms with Crippen LogP contribution >= 0.6 is 0 Å². The fourth-order valence-corrected chi connectivity index (χ4v) is 5.31. The second-order valence-electron chi connectivity index (χ2n) is 9.28. The van der Waals surface area contributed by atoms with Gasteiger partial charge in [0.25, 0.3) is 0 Å². The number of hydrogen-bond acceptors (Lipinski definition) is 5. The van der Waals surface area contributed by atoms with Crippen LogP contribution in [0.3, 0.4) is 0 Å². The lowest BCUT2D eigenvalue weighted by atomic mass is 10.1. The Balaban J connectivity index is 1.69. The molecule has 0 unspecified atom stereocenters. The summed E-state index contributed by atoms with van der Waals surface area (Å²) in [4.78, 5) is 27.6. The van der Waals surface area contributed by atoms with Crippen molar-refractivity contribution in [3.8, 4) is 16.9 Å². The van der Waals surface area contributed by atoms with Gasteiger partial charge < -0.3 is 9.80 Å². The van der Waals surface area contributed by atoms with Crippen molar-refractivity contribution in [1.82, 2.24) is 14.5 Å². The third-order valence-corrected chi connectivity index (χ3v) is 7.02. The van der Waals surface area contributed by atoms with E-state index in [1.807, 2.05) is 30.3 Å². The van der Waals surface area contributed by atoms with E-state index in [1.165, 1.54) is 25.7 Å². The monoisotopic (exact) mass is 451 g/mol. The van der Waals surface area contributed by atoms with Gasteiger partial charge in [-0.25, -0.2) is 0 Å². The molecule has 6 heteroatoms. The molecule has 0 atom stereocenters. The van der Waals surface area contributed by atoms with Crippen molar-refractivity contribution in [3.63, 3.8) is 0 Å². The van der Waals surface area contributed by atoms with Crippen molar-refractivity contribution >= 4 is 28.6 Å². The Morgan fingerprint density at radius 1 is 0.794 bits per heavy atom. The molecule has 0 aliphatic carbocycles. The number of aromatic nitrogens is 3. The average Bonchev–Trinajstić information content (AvgIpc) is 3.65. The summed E-state index contributed by atoms with van der Waals surface area (Å²) in [7, 11) is 0. The third-order valence-electron chi connectivity index (χ3n) is 7.02. The molecule has 0 radical (unpaired) electrons. The molecular formula is C28H29N5O. The minimum atomic E-state index is 0.0463. The summed E-state index contributed by atoms with van der Waals surface area (Å²) in [5.74, 6) is 1.86. The van der Waals surface area contributed by atoms with Gasteiger partial charge in [-0.15, -0.1) is 0 Å². The van der Waals surface area contributed by atoms with Gasteiger partial charge in [0.2, 0.25) is 5.95 Å². The van der Waals surface area contributed by atoms with Crippen LogP contribution in [-0.2, 0) is 0 Å². The first-order valence-electron chi connectivity index (χ1n) is 12.3. The zero-order valence-electron chi connectivity index (χ0n) is 19.6. The molecule has 6 nitrogen and oxygen atoms in total. The fourth-order valence-electron chi connectivity index (χ4n) is 5.31. The van der Waals surface area contributed by atoms with E-state index >= 15 is 0 Å². The van der Waals surface area contributed by atoms with E-state index in [4.69, 9.17) is 9.97 Å². The smallest absolute Gasteiger partial charge is 0.229 e. The van der Waals surface area contributed by atoms with E-state index < -0.39 is 0 Å². The van der Waals surface area contributed by atoms with Gasteiger partial charge in [0.05, 0.1) is 16.8 Å². The minimum Gasteiger partial charge on any atom is -0.356 e. The second-order valence-corrected chi connectivity index (χ2v) is 9.28. The normalized spacial score (nSPS) is 16.0. The molecule has 34 heavy (non-hydrogen) atoms. The number of carbonyl (C=O) groups excluding carboxylic acids is 1. The lowest BCUT2D eigenvalue weighted by Crippen LogP contribution is -2.24. The van der Waals surface area contributed by atoms with Crippen LogP contribution in [0, 0.1) is 0 Å². The van der Waals surface area contributed by atoms with E-state index in [0.717, 1.165) is 65.9 Å². The molecule has 2 aromatic heterocycles. The van der Waals surface area contributed by atoms with Crippen LogP contribution in [0.5, 0.6) is 0 Å². The Bertz CT molecular complexity index is 1350. The number of anilines is 2. The first kappa shape index (κ1) is 20.9. The van der Waals surface area contributed by atoms with Crippen molar-refractivity contribution in [2.45, 2.75) is 32.6 Å². The van der Waals surface area contributed by atoms with Crippen LogP contribution in [0.25, 0.3) is 28.0 Å². The number of benzene rings is 2. The zero-order valence-corrected chi connectivity index (χ0v) is 19.6. The molecule has 4 aromatic rings. The maximum Gasteiger partial charge on any atom is 0.229 e. The average molecular weight is 452 g/mol. The van der Waals surface area contributed by atoms with Crippen molar-refractivity contribution in [1.29, 1.82) is 0 Å². The first-order chi connectivity index (χ1) is 16.7. The molecular weight excluding hydrogens is 422 g/mol. The number of fused-ring (bicyclic) bond motifs is 1. The summed E-state index contributed by atoms with van der Waals surface area (Å²) in [6.07, 6.45) is 4.71. The summed E-state index contributed by atoms with van der Waals surface area (Å²) < 4.78 is 2.17. The molecule has 172 valence electrons. The van der Waals surface area contributed by atoms with Gasteiger partial charge in [-0.1, -0.05) is 42.5 Å². The van der Waals surface area contributed by atoms with E-state index in [-0.39, 0.29) is 5.78 Å². The van der Waals surface area contributed by atoms with Gasteiger partial charge in [-0.05, 0) is 56.4 Å².